The summed E-state index contributed by atoms with van der Waals surface area (Å²) in [4.78, 5) is 32.1. The van der Waals surface area contributed by atoms with Crippen LogP contribution in [0, 0.1) is 6.92 Å². The highest BCUT2D eigenvalue weighted by molar-refractivity contribution is 7.10. The molecule has 1 aliphatic rings. The van der Waals surface area contributed by atoms with E-state index in [1.807, 2.05) is 49.9 Å². The fraction of sp³-hybridized carbons (Fsp3) is 0.379. The van der Waals surface area contributed by atoms with Gasteiger partial charge < -0.3 is 19.3 Å². The molecule has 0 saturated heterocycles. The van der Waals surface area contributed by atoms with Gasteiger partial charge in [-0.3, -0.25) is 9.59 Å². The maximum absolute atomic E-state index is 13.7. The van der Waals surface area contributed by atoms with Gasteiger partial charge in [0, 0.05) is 23.0 Å². The molecular formula is C29H34N2O4S. The van der Waals surface area contributed by atoms with Gasteiger partial charge in [-0.05, 0) is 74.0 Å². The number of nitrogens with zero attached hydrogens (tertiary/aromatic N) is 2. The van der Waals surface area contributed by atoms with E-state index in [-0.39, 0.29) is 30.4 Å². The van der Waals surface area contributed by atoms with Gasteiger partial charge in [0.1, 0.15) is 24.7 Å². The molecule has 0 unspecified atom stereocenters. The molecule has 0 N–H and O–H groups in total. The Morgan fingerprint density at radius 3 is 2.64 bits per heavy atom. The summed E-state index contributed by atoms with van der Waals surface area (Å²) in [6, 6.07) is 16.8. The van der Waals surface area contributed by atoms with Gasteiger partial charge in [-0.2, -0.15) is 0 Å². The SMILES string of the molecule is CC[C@@H](C)N(CC(=O)N1CCc2sccc2[C@@H]1COc1ccc(C)cc1)C(=O)c1cccc(OC)c1. The van der Waals surface area contributed by atoms with E-state index in [0.29, 0.717) is 24.5 Å². The smallest absolute Gasteiger partial charge is 0.254 e. The van der Waals surface area contributed by atoms with Crippen LogP contribution in [0.3, 0.4) is 0 Å². The first-order chi connectivity index (χ1) is 17.4. The molecule has 1 aliphatic heterocycles. The number of carbonyl (C=O) groups is 2. The molecule has 0 bridgehead atoms. The van der Waals surface area contributed by atoms with Crippen molar-refractivity contribution in [2.24, 2.45) is 0 Å². The van der Waals surface area contributed by atoms with Crippen molar-refractivity contribution >= 4 is 23.2 Å². The van der Waals surface area contributed by atoms with E-state index in [1.165, 1.54) is 10.4 Å². The zero-order valence-corrected chi connectivity index (χ0v) is 22.2. The van der Waals surface area contributed by atoms with Crippen molar-refractivity contribution in [3.8, 4) is 11.5 Å². The lowest BCUT2D eigenvalue weighted by molar-refractivity contribution is -0.136. The zero-order chi connectivity index (χ0) is 25.7. The van der Waals surface area contributed by atoms with Crippen molar-refractivity contribution in [1.29, 1.82) is 0 Å². The standard InChI is InChI=1S/C29H34N2O4S/c1-5-21(3)31(29(33)22-7-6-8-24(17-22)34-4)18-28(32)30-15-13-27-25(14-16-36-27)26(30)19-35-23-11-9-20(2)10-12-23/h6-12,14,16-17,21,26H,5,13,15,18-19H2,1-4H3/t21-,26+/m1/s1. The Morgan fingerprint density at radius 2 is 1.92 bits per heavy atom. The normalized spacial score (nSPS) is 15.7. The Kier molecular flexibility index (Phi) is 8.31. The number of fused-ring (bicyclic) bond motifs is 1. The Bertz CT molecular complexity index is 1190. The van der Waals surface area contributed by atoms with E-state index >= 15 is 0 Å². The lowest BCUT2D eigenvalue weighted by Gasteiger charge is -2.38. The molecular weight excluding hydrogens is 472 g/mol. The fourth-order valence-corrected chi connectivity index (χ4v) is 5.42. The molecule has 190 valence electrons. The molecule has 0 spiro atoms. The maximum Gasteiger partial charge on any atom is 0.254 e. The first kappa shape index (κ1) is 25.8. The highest BCUT2D eigenvalue weighted by Gasteiger charge is 2.34. The van der Waals surface area contributed by atoms with Gasteiger partial charge in [-0.15, -0.1) is 11.3 Å². The summed E-state index contributed by atoms with van der Waals surface area (Å²) in [6.07, 6.45) is 1.56. The molecule has 6 nitrogen and oxygen atoms in total. The Labute approximate surface area is 217 Å². The maximum atomic E-state index is 13.7. The van der Waals surface area contributed by atoms with Gasteiger partial charge in [-0.25, -0.2) is 0 Å². The third kappa shape index (κ3) is 5.73. The average Bonchev–Trinajstić information content (AvgIpc) is 3.39. The molecule has 2 heterocycles. The minimum Gasteiger partial charge on any atom is -0.497 e. The number of benzene rings is 2. The summed E-state index contributed by atoms with van der Waals surface area (Å²) in [5, 5.41) is 2.08. The minimum absolute atomic E-state index is 0.0194. The monoisotopic (exact) mass is 506 g/mol. The average molecular weight is 507 g/mol. The second-order valence-corrected chi connectivity index (χ2v) is 10.2. The molecule has 2 atom stereocenters. The van der Waals surface area contributed by atoms with E-state index < -0.39 is 0 Å². The third-order valence-corrected chi connectivity index (χ3v) is 7.85. The number of hydrogen-bond donors (Lipinski definition) is 0. The van der Waals surface area contributed by atoms with Crippen molar-refractivity contribution < 1.29 is 19.1 Å². The summed E-state index contributed by atoms with van der Waals surface area (Å²) in [6.45, 7) is 7.04. The predicted molar refractivity (Wildman–Crippen MR) is 143 cm³/mol. The van der Waals surface area contributed by atoms with Crippen molar-refractivity contribution in [2.75, 3.05) is 26.8 Å². The quantitative estimate of drug-likeness (QED) is 0.384. The van der Waals surface area contributed by atoms with Gasteiger partial charge in [0.05, 0.1) is 13.2 Å². The van der Waals surface area contributed by atoms with Crippen LogP contribution in [0.5, 0.6) is 11.5 Å². The second-order valence-electron chi connectivity index (χ2n) is 9.20. The van der Waals surface area contributed by atoms with E-state index in [0.717, 1.165) is 24.2 Å². The van der Waals surface area contributed by atoms with Crippen LogP contribution in [0.4, 0.5) is 0 Å². The van der Waals surface area contributed by atoms with Crippen LogP contribution in [-0.2, 0) is 11.2 Å². The summed E-state index contributed by atoms with van der Waals surface area (Å²) >= 11 is 1.72. The van der Waals surface area contributed by atoms with Crippen molar-refractivity contribution in [3.63, 3.8) is 0 Å². The first-order valence-electron chi connectivity index (χ1n) is 12.4. The molecule has 2 amide bonds. The van der Waals surface area contributed by atoms with Gasteiger partial charge in [0.2, 0.25) is 5.91 Å². The highest BCUT2D eigenvalue weighted by atomic mass is 32.1. The van der Waals surface area contributed by atoms with Crippen molar-refractivity contribution in [3.05, 3.63) is 81.5 Å². The topological polar surface area (TPSA) is 59.1 Å². The molecule has 3 aromatic rings. The number of hydrogen-bond acceptors (Lipinski definition) is 5. The highest BCUT2D eigenvalue weighted by Crippen LogP contribution is 2.34. The zero-order valence-electron chi connectivity index (χ0n) is 21.4. The third-order valence-electron chi connectivity index (χ3n) is 6.85. The van der Waals surface area contributed by atoms with Crippen molar-refractivity contribution in [2.45, 2.75) is 45.7 Å². The van der Waals surface area contributed by atoms with Gasteiger partial charge in [-0.1, -0.05) is 30.7 Å². The molecule has 0 aliphatic carbocycles. The van der Waals surface area contributed by atoms with Crippen molar-refractivity contribution in [1.82, 2.24) is 9.80 Å². The Balaban J connectivity index is 1.54. The van der Waals surface area contributed by atoms with Crippen LogP contribution in [0.15, 0.2) is 60.0 Å². The molecule has 0 saturated carbocycles. The lowest BCUT2D eigenvalue weighted by atomic mass is 10.00. The Morgan fingerprint density at radius 1 is 1.14 bits per heavy atom. The first-order valence-corrected chi connectivity index (χ1v) is 13.3. The van der Waals surface area contributed by atoms with Crippen LogP contribution in [0.1, 0.15) is 52.7 Å². The number of amides is 2. The van der Waals surface area contributed by atoms with E-state index in [2.05, 4.69) is 11.4 Å². The van der Waals surface area contributed by atoms with Crippen LogP contribution < -0.4 is 9.47 Å². The van der Waals surface area contributed by atoms with E-state index in [9.17, 15) is 9.59 Å². The molecule has 1 aromatic heterocycles. The molecule has 0 fully saturated rings. The van der Waals surface area contributed by atoms with E-state index in [1.54, 1.807) is 47.6 Å². The summed E-state index contributed by atoms with van der Waals surface area (Å²) in [5.74, 6) is 1.16. The van der Waals surface area contributed by atoms with Crippen LogP contribution in [0.25, 0.3) is 0 Å². The largest absolute Gasteiger partial charge is 0.497 e. The van der Waals surface area contributed by atoms with E-state index in [4.69, 9.17) is 9.47 Å². The lowest BCUT2D eigenvalue weighted by Crippen LogP contribution is -2.49. The number of carbonyl (C=O) groups excluding carboxylic acids is 2. The second kappa shape index (κ2) is 11.6. The number of thiophene rings is 1. The molecule has 2 aromatic carbocycles. The fourth-order valence-electron chi connectivity index (χ4n) is 4.49. The number of rotatable bonds is 9. The van der Waals surface area contributed by atoms with Gasteiger partial charge in [0.15, 0.2) is 0 Å². The molecule has 36 heavy (non-hydrogen) atoms. The summed E-state index contributed by atoms with van der Waals surface area (Å²) < 4.78 is 11.4. The minimum atomic E-state index is -0.195. The predicted octanol–water partition coefficient (Wildman–Crippen LogP) is 5.51. The van der Waals surface area contributed by atoms with Gasteiger partial charge in [0.25, 0.3) is 5.91 Å². The Hall–Kier alpha value is -3.32. The van der Waals surface area contributed by atoms with Crippen LogP contribution in [0.2, 0.25) is 0 Å². The molecule has 4 rings (SSSR count). The number of aryl methyl sites for hydroxylation is 1. The van der Waals surface area contributed by atoms with Crippen LogP contribution >= 0.6 is 11.3 Å². The summed E-state index contributed by atoms with van der Waals surface area (Å²) in [5.41, 5.74) is 2.82. The number of methoxy groups -OCH3 is 1. The molecule has 0 radical (unpaired) electrons. The summed E-state index contributed by atoms with van der Waals surface area (Å²) in [7, 11) is 1.58. The van der Waals surface area contributed by atoms with Gasteiger partial charge >= 0.3 is 0 Å². The van der Waals surface area contributed by atoms with Crippen LogP contribution in [-0.4, -0.2) is 54.5 Å². The molecule has 7 heteroatoms. The number of ether oxygens (including phenoxy) is 2.